The molecule has 0 saturated carbocycles. The maximum Gasteiger partial charge on any atom is 0.307 e. The lowest BCUT2D eigenvalue weighted by Gasteiger charge is -2.42. The third-order valence-corrected chi connectivity index (χ3v) is 7.22. The number of rotatable bonds is 13. The topological polar surface area (TPSA) is 104 Å². The van der Waals surface area contributed by atoms with Crippen LogP contribution in [-0.4, -0.2) is 57.5 Å². The molecule has 9 heteroatoms. The molecule has 0 radical (unpaired) electrons. The molecule has 9 nitrogen and oxygen atoms in total. The predicted molar refractivity (Wildman–Crippen MR) is 139 cm³/mol. The molecule has 0 bridgehead atoms. The largest absolute Gasteiger partial charge is 0.444 e. The summed E-state index contributed by atoms with van der Waals surface area (Å²) in [7, 11) is 1.99. The molecule has 2 aromatic heterocycles. The van der Waals surface area contributed by atoms with Crippen LogP contribution >= 0.6 is 0 Å². The maximum atomic E-state index is 12.3. The molecule has 0 unspecified atom stereocenters. The molecule has 3 heterocycles. The summed E-state index contributed by atoms with van der Waals surface area (Å²) in [5, 5.41) is 9.77. The van der Waals surface area contributed by atoms with E-state index in [1.807, 2.05) is 29.9 Å². The van der Waals surface area contributed by atoms with Gasteiger partial charge in [0.25, 0.3) is 0 Å². The van der Waals surface area contributed by atoms with Crippen LogP contribution in [0.15, 0.2) is 18.6 Å². The number of fused-ring (bicyclic) bond motifs is 1. The van der Waals surface area contributed by atoms with Crippen molar-refractivity contribution in [2.45, 2.75) is 90.8 Å². The summed E-state index contributed by atoms with van der Waals surface area (Å²) in [4.78, 5) is 37.4. The number of carbonyl (C=O) groups excluding carboxylic acids is 2. The van der Waals surface area contributed by atoms with Crippen molar-refractivity contribution >= 4 is 28.7 Å². The summed E-state index contributed by atoms with van der Waals surface area (Å²) in [5.41, 5.74) is 0.705. The zero-order valence-electron chi connectivity index (χ0n) is 22.0. The summed E-state index contributed by atoms with van der Waals surface area (Å²) in [5.74, 6) is 0.829. The second-order valence-corrected chi connectivity index (χ2v) is 9.86. The highest BCUT2D eigenvalue weighted by molar-refractivity contribution is 5.88. The van der Waals surface area contributed by atoms with Gasteiger partial charge in [0.15, 0.2) is 6.73 Å². The fourth-order valence-corrected chi connectivity index (χ4v) is 4.93. The van der Waals surface area contributed by atoms with Crippen molar-refractivity contribution in [2.24, 2.45) is 5.92 Å². The molecule has 36 heavy (non-hydrogen) atoms. The maximum absolute atomic E-state index is 12.3. The van der Waals surface area contributed by atoms with Gasteiger partial charge in [-0.2, -0.15) is 5.26 Å². The normalized spacial score (nSPS) is 17.7. The minimum Gasteiger partial charge on any atom is -0.444 e. The number of carbonyl (C=O) groups is 2. The molecule has 0 aromatic carbocycles. The molecule has 3 rings (SSSR count). The van der Waals surface area contributed by atoms with Crippen molar-refractivity contribution in [3.8, 4) is 6.07 Å². The molecule has 0 spiro atoms. The van der Waals surface area contributed by atoms with Crippen LogP contribution < -0.4 is 4.90 Å². The monoisotopic (exact) mass is 496 g/mol. The van der Waals surface area contributed by atoms with Crippen LogP contribution in [0.4, 0.5) is 5.82 Å². The van der Waals surface area contributed by atoms with Crippen LogP contribution in [0.1, 0.15) is 78.1 Å². The number of likely N-dealkylation sites (N-methyl/N-ethyl adjacent to an activating group) is 1. The van der Waals surface area contributed by atoms with Crippen molar-refractivity contribution in [2.75, 3.05) is 25.0 Å². The van der Waals surface area contributed by atoms with Crippen LogP contribution in [0.3, 0.4) is 0 Å². The minimum absolute atomic E-state index is 0.0719. The van der Waals surface area contributed by atoms with Gasteiger partial charge in [0.05, 0.1) is 17.5 Å². The third-order valence-electron chi connectivity index (χ3n) is 7.22. The summed E-state index contributed by atoms with van der Waals surface area (Å²) < 4.78 is 7.34. The number of hydrogen-bond donors (Lipinski definition) is 0. The summed E-state index contributed by atoms with van der Waals surface area (Å²) in [6, 6.07) is 3.97. The van der Waals surface area contributed by atoms with Gasteiger partial charge in [-0.1, -0.05) is 52.4 Å². The second-order valence-electron chi connectivity index (χ2n) is 9.86. The molecule has 0 aliphatic carbocycles. The number of likely N-dealkylation sites (tertiary alicyclic amines) is 1. The third kappa shape index (κ3) is 7.19. The van der Waals surface area contributed by atoms with Gasteiger partial charge in [0, 0.05) is 32.8 Å². The average Bonchev–Trinajstić information content (AvgIpc) is 3.30. The Morgan fingerprint density at radius 2 is 1.94 bits per heavy atom. The Morgan fingerprint density at radius 3 is 2.69 bits per heavy atom. The lowest BCUT2D eigenvalue weighted by molar-refractivity contribution is -0.147. The van der Waals surface area contributed by atoms with E-state index in [-0.39, 0.29) is 31.1 Å². The molecule has 0 N–H and O–H groups in total. The molecular formula is C27H40N6O3. The van der Waals surface area contributed by atoms with Gasteiger partial charge in [-0.05, 0) is 24.8 Å². The zero-order valence-corrected chi connectivity index (χ0v) is 22.0. The summed E-state index contributed by atoms with van der Waals surface area (Å²) >= 11 is 0. The fourth-order valence-electron chi connectivity index (χ4n) is 4.93. The number of unbranched alkanes of at least 4 members (excludes halogenated alkanes) is 6. The Balaban J connectivity index is 1.58. The Hall–Kier alpha value is -3.15. The first-order chi connectivity index (χ1) is 17.5. The van der Waals surface area contributed by atoms with Gasteiger partial charge >= 0.3 is 5.97 Å². The second kappa shape index (κ2) is 13.8. The summed E-state index contributed by atoms with van der Waals surface area (Å²) in [6.45, 7) is 5.74. The van der Waals surface area contributed by atoms with Gasteiger partial charge in [-0.15, -0.1) is 0 Å². The van der Waals surface area contributed by atoms with Gasteiger partial charge < -0.3 is 14.5 Å². The Morgan fingerprint density at radius 1 is 1.19 bits per heavy atom. The molecule has 1 aliphatic heterocycles. The standard InChI is InChI=1S/C27H40N6O3/c1-4-5-6-7-8-9-10-11-25(35)36-20-33-17-14-22-26(29-19-30-27(22)33)31(3)23-18-32(16-13-21(23)2)24(34)12-15-28/h14,17,19,21,23H,4-13,16,18,20H2,1-3H3/t21-,23+/m1/s1. The van der Waals surface area contributed by atoms with Crippen molar-refractivity contribution in [3.63, 3.8) is 0 Å². The number of hydrogen-bond acceptors (Lipinski definition) is 7. The zero-order chi connectivity index (χ0) is 25.9. The number of nitriles is 1. The highest BCUT2D eigenvalue weighted by Gasteiger charge is 2.32. The first-order valence-electron chi connectivity index (χ1n) is 13.3. The lowest BCUT2D eigenvalue weighted by Crippen LogP contribution is -2.52. The quantitative estimate of drug-likeness (QED) is 0.293. The van der Waals surface area contributed by atoms with E-state index in [1.165, 1.54) is 38.4 Å². The van der Waals surface area contributed by atoms with Crippen molar-refractivity contribution in [3.05, 3.63) is 18.6 Å². The van der Waals surface area contributed by atoms with E-state index >= 15 is 0 Å². The van der Waals surface area contributed by atoms with E-state index < -0.39 is 0 Å². The molecule has 196 valence electrons. The van der Waals surface area contributed by atoms with Crippen LogP contribution in [0.25, 0.3) is 11.0 Å². The number of ether oxygens (including phenoxy) is 1. The van der Waals surface area contributed by atoms with E-state index in [0.717, 1.165) is 30.5 Å². The number of aromatic nitrogens is 3. The minimum atomic E-state index is -0.185. The number of amides is 1. The first kappa shape index (κ1) is 27.4. The van der Waals surface area contributed by atoms with E-state index in [9.17, 15) is 9.59 Å². The molecular weight excluding hydrogens is 456 g/mol. The first-order valence-corrected chi connectivity index (χ1v) is 13.3. The van der Waals surface area contributed by atoms with E-state index in [4.69, 9.17) is 10.00 Å². The SMILES string of the molecule is CCCCCCCCCC(=O)OCn1ccc2c(N(C)[C@H]3CN(C(=O)CC#N)CC[C@H]3C)ncnc21. The average molecular weight is 497 g/mol. The smallest absolute Gasteiger partial charge is 0.307 e. The number of nitrogens with zero attached hydrogens (tertiary/aromatic N) is 6. The van der Waals surface area contributed by atoms with Crippen molar-refractivity contribution in [1.29, 1.82) is 5.26 Å². The van der Waals surface area contributed by atoms with Gasteiger partial charge in [0.2, 0.25) is 5.91 Å². The highest BCUT2D eigenvalue weighted by atomic mass is 16.5. The number of anilines is 1. The fraction of sp³-hybridized carbons (Fsp3) is 0.667. The number of esters is 1. The van der Waals surface area contributed by atoms with Gasteiger partial charge in [-0.3, -0.25) is 14.2 Å². The molecule has 1 saturated heterocycles. The molecule has 2 atom stereocenters. The van der Waals surface area contributed by atoms with Crippen LogP contribution in [0, 0.1) is 17.2 Å². The predicted octanol–water partition coefficient (Wildman–Crippen LogP) is 4.66. The molecule has 1 aliphatic rings. The Bertz CT molecular complexity index is 1050. The van der Waals surface area contributed by atoms with E-state index in [1.54, 1.807) is 4.90 Å². The molecule has 1 amide bonds. The molecule has 2 aromatic rings. The van der Waals surface area contributed by atoms with Crippen LogP contribution in [0.5, 0.6) is 0 Å². The lowest BCUT2D eigenvalue weighted by atomic mass is 9.92. The van der Waals surface area contributed by atoms with Crippen LogP contribution in [0.2, 0.25) is 0 Å². The van der Waals surface area contributed by atoms with Crippen LogP contribution in [-0.2, 0) is 21.1 Å². The molecule has 1 fully saturated rings. The Labute approximate surface area is 214 Å². The Kier molecular flexibility index (Phi) is 10.5. The van der Waals surface area contributed by atoms with Crippen molar-refractivity contribution in [1.82, 2.24) is 19.4 Å². The van der Waals surface area contributed by atoms with Gasteiger partial charge in [0.1, 0.15) is 24.2 Å². The summed E-state index contributed by atoms with van der Waals surface area (Å²) in [6.07, 6.45) is 12.7. The van der Waals surface area contributed by atoms with Crippen molar-refractivity contribution < 1.29 is 14.3 Å². The van der Waals surface area contributed by atoms with E-state index in [0.29, 0.717) is 31.1 Å². The number of piperidine rings is 1. The highest BCUT2D eigenvalue weighted by Crippen LogP contribution is 2.29. The van der Waals surface area contributed by atoms with E-state index in [2.05, 4.69) is 28.7 Å². The van der Waals surface area contributed by atoms with Gasteiger partial charge in [-0.25, -0.2) is 9.97 Å².